The highest BCUT2D eigenvalue weighted by Crippen LogP contribution is 2.20. The molecule has 1 atom stereocenters. The van der Waals surface area contributed by atoms with E-state index in [9.17, 15) is 4.79 Å². The molecule has 1 unspecified atom stereocenters. The molecule has 2 rings (SSSR count). The fourth-order valence-electron chi connectivity index (χ4n) is 2.77. The standard InChI is InChI=1S/C16H26N4O.3ClH/c1-14(15-5-3-8-18-13-15)19-9-11-20(12-10-19)16(21)6-4-7-17-2;;;/h3,5,8,13-14,17H,4,6-7,9-12H2,1-2H3;3*1H. The number of halogens is 3. The molecule has 0 aromatic carbocycles. The number of pyridine rings is 1. The van der Waals surface area contributed by atoms with Gasteiger partial charge in [-0.3, -0.25) is 14.7 Å². The zero-order valence-corrected chi connectivity index (χ0v) is 16.8. The Hall–Kier alpha value is -0.590. The molecule has 1 fully saturated rings. The zero-order chi connectivity index (χ0) is 15.1. The summed E-state index contributed by atoms with van der Waals surface area (Å²) in [5.74, 6) is 0.291. The van der Waals surface area contributed by atoms with Gasteiger partial charge < -0.3 is 10.2 Å². The maximum atomic E-state index is 12.1. The Morgan fingerprint density at radius 2 is 1.92 bits per heavy atom. The maximum Gasteiger partial charge on any atom is 0.222 e. The third-order valence-corrected chi connectivity index (χ3v) is 4.20. The number of aromatic nitrogens is 1. The van der Waals surface area contributed by atoms with Crippen LogP contribution in [0.2, 0.25) is 0 Å². The SMILES string of the molecule is CNCCCC(=O)N1CCN(C(C)c2cccnc2)CC1.Cl.Cl.Cl. The average Bonchev–Trinajstić information content (AvgIpc) is 2.55. The summed E-state index contributed by atoms with van der Waals surface area (Å²) in [4.78, 5) is 20.7. The van der Waals surface area contributed by atoms with Gasteiger partial charge in [-0.25, -0.2) is 0 Å². The molecule has 1 aliphatic heterocycles. The number of hydrogen-bond acceptors (Lipinski definition) is 4. The molecule has 1 saturated heterocycles. The highest BCUT2D eigenvalue weighted by atomic mass is 35.5. The van der Waals surface area contributed by atoms with Crippen LogP contribution in [0.25, 0.3) is 0 Å². The van der Waals surface area contributed by atoms with E-state index in [0.29, 0.717) is 18.4 Å². The van der Waals surface area contributed by atoms with Crippen LogP contribution in [0.5, 0.6) is 0 Å². The molecule has 0 bridgehead atoms. The molecule has 140 valence electrons. The minimum atomic E-state index is 0. The lowest BCUT2D eigenvalue weighted by molar-refractivity contribution is -0.133. The molecule has 5 nitrogen and oxygen atoms in total. The lowest BCUT2D eigenvalue weighted by Gasteiger charge is -2.38. The zero-order valence-electron chi connectivity index (χ0n) is 14.3. The molecule has 0 spiro atoms. The average molecular weight is 400 g/mol. The van der Waals surface area contributed by atoms with Crippen molar-refractivity contribution in [1.29, 1.82) is 0 Å². The van der Waals surface area contributed by atoms with Gasteiger partial charge in [0.2, 0.25) is 5.91 Å². The van der Waals surface area contributed by atoms with Crippen LogP contribution in [0.15, 0.2) is 24.5 Å². The molecule has 0 saturated carbocycles. The molecule has 1 N–H and O–H groups in total. The number of piperazine rings is 1. The van der Waals surface area contributed by atoms with Crippen LogP contribution in [0, 0.1) is 0 Å². The lowest BCUT2D eigenvalue weighted by atomic mass is 10.1. The molecule has 1 aliphatic rings. The van der Waals surface area contributed by atoms with Crippen LogP contribution in [0.1, 0.15) is 31.4 Å². The van der Waals surface area contributed by atoms with Crippen molar-refractivity contribution in [2.45, 2.75) is 25.8 Å². The fourth-order valence-corrected chi connectivity index (χ4v) is 2.77. The third-order valence-electron chi connectivity index (χ3n) is 4.20. The van der Waals surface area contributed by atoms with Crippen LogP contribution in [0.3, 0.4) is 0 Å². The second kappa shape index (κ2) is 13.7. The minimum absolute atomic E-state index is 0. The van der Waals surface area contributed by atoms with Crippen LogP contribution in [-0.2, 0) is 4.79 Å². The van der Waals surface area contributed by atoms with Gasteiger partial charge in [-0.05, 0) is 38.6 Å². The lowest BCUT2D eigenvalue weighted by Crippen LogP contribution is -2.49. The summed E-state index contributed by atoms with van der Waals surface area (Å²) in [5.41, 5.74) is 1.24. The summed E-state index contributed by atoms with van der Waals surface area (Å²) in [6, 6.07) is 4.46. The highest BCUT2D eigenvalue weighted by molar-refractivity contribution is 5.86. The summed E-state index contributed by atoms with van der Waals surface area (Å²) in [6.07, 6.45) is 5.30. The van der Waals surface area contributed by atoms with Crippen molar-refractivity contribution in [2.24, 2.45) is 0 Å². The van der Waals surface area contributed by atoms with Crippen molar-refractivity contribution in [3.63, 3.8) is 0 Å². The summed E-state index contributed by atoms with van der Waals surface area (Å²) < 4.78 is 0. The van der Waals surface area contributed by atoms with Crippen molar-refractivity contribution in [3.05, 3.63) is 30.1 Å². The first kappa shape index (κ1) is 25.6. The van der Waals surface area contributed by atoms with E-state index >= 15 is 0 Å². The Balaban J connectivity index is 0. The van der Waals surface area contributed by atoms with E-state index < -0.39 is 0 Å². The molecule has 2 heterocycles. The van der Waals surface area contributed by atoms with Gasteiger partial charge in [0.05, 0.1) is 0 Å². The van der Waals surface area contributed by atoms with Crippen LogP contribution >= 0.6 is 37.2 Å². The largest absolute Gasteiger partial charge is 0.340 e. The number of carbonyl (C=O) groups is 1. The summed E-state index contributed by atoms with van der Waals surface area (Å²) in [5, 5.41) is 3.08. The van der Waals surface area contributed by atoms with Gasteiger partial charge in [0, 0.05) is 51.0 Å². The van der Waals surface area contributed by atoms with Gasteiger partial charge in [-0.2, -0.15) is 0 Å². The van der Waals surface area contributed by atoms with Crippen LogP contribution < -0.4 is 5.32 Å². The molecule has 0 radical (unpaired) electrons. The monoisotopic (exact) mass is 398 g/mol. The number of nitrogens with zero attached hydrogens (tertiary/aromatic N) is 3. The fraction of sp³-hybridized carbons (Fsp3) is 0.625. The molecule has 24 heavy (non-hydrogen) atoms. The predicted molar refractivity (Wildman–Crippen MR) is 106 cm³/mol. The third kappa shape index (κ3) is 7.53. The van der Waals surface area contributed by atoms with Crippen molar-refractivity contribution < 1.29 is 4.79 Å². The Morgan fingerprint density at radius 1 is 1.25 bits per heavy atom. The van der Waals surface area contributed by atoms with E-state index in [-0.39, 0.29) is 37.2 Å². The molecular weight excluding hydrogens is 371 g/mol. The Kier molecular flexibility index (Phi) is 14.6. The second-order valence-electron chi connectivity index (χ2n) is 5.59. The first-order chi connectivity index (χ1) is 10.2. The van der Waals surface area contributed by atoms with Gasteiger partial charge in [0.15, 0.2) is 0 Å². The molecule has 1 amide bonds. The first-order valence-electron chi connectivity index (χ1n) is 7.78. The normalized spacial score (nSPS) is 15.5. The number of carbonyl (C=O) groups excluding carboxylic acids is 1. The van der Waals surface area contributed by atoms with Gasteiger partial charge in [-0.15, -0.1) is 37.2 Å². The molecular formula is C16H29Cl3N4O. The van der Waals surface area contributed by atoms with Crippen molar-refractivity contribution in [2.75, 3.05) is 39.8 Å². The Morgan fingerprint density at radius 3 is 2.46 bits per heavy atom. The summed E-state index contributed by atoms with van der Waals surface area (Å²) in [7, 11) is 1.92. The van der Waals surface area contributed by atoms with Crippen LogP contribution in [-0.4, -0.2) is 60.5 Å². The van der Waals surface area contributed by atoms with E-state index in [4.69, 9.17) is 0 Å². The van der Waals surface area contributed by atoms with Gasteiger partial charge >= 0.3 is 0 Å². The van der Waals surface area contributed by atoms with Gasteiger partial charge in [-0.1, -0.05) is 6.07 Å². The van der Waals surface area contributed by atoms with Gasteiger partial charge in [0.25, 0.3) is 0 Å². The summed E-state index contributed by atoms with van der Waals surface area (Å²) in [6.45, 7) is 6.67. The van der Waals surface area contributed by atoms with E-state index in [1.54, 1.807) is 6.20 Å². The Labute approximate surface area is 163 Å². The highest BCUT2D eigenvalue weighted by Gasteiger charge is 2.24. The van der Waals surface area contributed by atoms with Crippen molar-refractivity contribution in [3.8, 4) is 0 Å². The topological polar surface area (TPSA) is 48.5 Å². The number of nitrogens with one attached hydrogen (secondary N) is 1. The van der Waals surface area contributed by atoms with E-state index in [1.165, 1.54) is 5.56 Å². The predicted octanol–water partition coefficient (Wildman–Crippen LogP) is 2.55. The molecule has 1 aromatic heterocycles. The maximum absolute atomic E-state index is 12.1. The van der Waals surface area contributed by atoms with E-state index in [0.717, 1.165) is 39.1 Å². The smallest absolute Gasteiger partial charge is 0.222 e. The van der Waals surface area contributed by atoms with Crippen molar-refractivity contribution >= 4 is 43.1 Å². The van der Waals surface area contributed by atoms with Gasteiger partial charge in [0.1, 0.15) is 0 Å². The quantitative estimate of drug-likeness (QED) is 0.747. The van der Waals surface area contributed by atoms with E-state index in [2.05, 4.69) is 28.2 Å². The second-order valence-corrected chi connectivity index (χ2v) is 5.59. The number of hydrogen-bond donors (Lipinski definition) is 1. The minimum Gasteiger partial charge on any atom is -0.340 e. The number of amides is 1. The molecule has 0 aliphatic carbocycles. The van der Waals surface area contributed by atoms with Crippen molar-refractivity contribution in [1.82, 2.24) is 20.1 Å². The molecule has 1 aromatic rings. The van der Waals surface area contributed by atoms with E-state index in [1.807, 2.05) is 24.2 Å². The Bertz CT molecular complexity index is 442. The summed E-state index contributed by atoms with van der Waals surface area (Å²) >= 11 is 0. The molecule has 8 heteroatoms. The van der Waals surface area contributed by atoms with Crippen LogP contribution in [0.4, 0.5) is 0 Å². The first-order valence-corrected chi connectivity index (χ1v) is 7.78. The number of rotatable bonds is 6.